The molecule has 0 aliphatic rings. The second kappa shape index (κ2) is 9.28. The van der Waals surface area contributed by atoms with Gasteiger partial charge in [0.15, 0.2) is 6.61 Å². The molecule has 3 aromatic carbocycles. The zero-order valence-electron chi connectivity index (χ0n) is 19.0. The molecule has 4 aromatic rings. The molecule has 0 spiro atoms. The van der Waals surface area contributed by atoms with E-state index < -0.39 is 5.91 Å². The van der Waals surface area contributed by atoms with Crippen molar-refractivity contribution in [3.05, 3.63) is 76.4 Å². The highest BCUT2D eigenvalue weighted by Crippen LogP contribution is 2.30. The van der Waals surface area contributed by atoms with E-state index in [1.807, 2.05) is 18.3 Å². The van der Waals surface area contributed by atoms with Gasteiger partial charge in [0.1, 0.15) is 5.75 Å². The highest BCUT2D eigenvalue weighted by molar-refractivity contribution is 6.31. The number of Topliss-reactive ketones (excluding diaryl/α,β-unsaturated/α-hetero) is 1. The van der Waals surface area contributed by atoms with Crippen LogP contribution < -0.4 is 10.5 Å². The van der Waals surface area contributed by atoms with E-state index in [0.29, 0.717) is 16.5 Å². The molecule has 0 aliphatic carbocycles. The van der Waals surface area contributed by atoms with E-state index >= 15 is 0 Å². The molecule has 1 aromatic heterocycles. The number of rotatable bonds is 8. The number of nitrogens with zero attached hydrogens (tertiary/aromatic N) is 1. The van der Waals surface area contributed by atoms with Crippen LogP contribution in [0, 0.1) is 0 Å². The molecule has 0 saturated carbocycles. The average Bonchev–Trinajstić information content (AvgIpc) is 3.15. The number of halogens is 1. The average molecular weight is 463 g/mol. The number of hydrogen-bond acceptors (Lipinski definition) is 3. The van der Waals surface area contributed by atoms with Gasteiger partial charge >= 0.3 is 0 Å². The lowest BCUT2D eigenvalue weighted by Crippen LogP contribution is -2.16. The molecule has 6 heteroatoms. The minimum atomic E-state index is -0.625. The third-order valence-corrected chi connectivity index (χ3v) is 6.10. The summed E-state index contributed by atoms with van der Waals surface area (Å²) in [5.41, 5.74) is 8.68. The second-order valence-corrected chi connectivity index (χ2v) is 9.02. The van der Waals surface area contributed by atoms with Crippen molar-refractivity contribution in [1.29, 1.82) is 0 Å². The Morgan fingerprint density at radius 3 is 2.52 bits per heavy atom. The summed E-state index contributed by atoms with van der Waals surface area (Å²) in [5, 5.41) is 3.08. The standard InChI is InChI=1S/C27H27ClN2O3/c1-4-9-30-14-23(21-8-6-17(16(2)3)12-24(21)30)25(31)15-33-26-13-18-5-7-20(28)10-19(18)11-22(26)27(29)32/h5-8,10-14,16H,4,9,15H2,1-3H3,(H2,29,32). The molecular formula is C27H27ClN2O3. The van der Waals surface area contributed by atoms with Gasteiger partial charge in [-0.25, -0.2) is 0 Å². The largest absolute Gasteiger partial charge is 0.485 e. The van der Waals surface area contributed by atoms with Crippen molar-refractivity contribution >= 4 is 45.0 Å². The number of amides is 1. The van der Waals surface area contributed by atoms with E-state index in [1.165, 1.54) is 5.56 Å². The Balaban J connectivity index is 1.66. The SMILES string of the molecule is CCCn1cc(C(=O)COc2cc3ccc(Cl)cc3cc2C(N)=O)c2ccc(C(C)C)cc21. The van der Waals surface area contributed by atoms with Crippen LogP contribution in [0.2, 0.25) is 5.02 Å². The molecule has 1 heterocycles. The predicted octanol–water partition coefficient (Wildman–Crippen LogP) is 6.34. The summed E-state index contributed by atoms with van der Waals surface area (Å²) in [7, 11) is 0. The molecule has 0 aliphatic heterocycles. The normalized spacial score (nSPS) is 11.4. The highest BCUT2D eigenvalue weighted by atomic mass is 35.5. The van der Waals surface area contributed by atoms with Gasteiger partial charge in [0.05, 0.1) is 5.56 Å². The maximum absolute atomic E-state index is 13.2. The number of hydrogen-bond donors (Lipinski definition) is 1. The fourth-order valence-corrected chi connectivity index (χ4v) is 4.28. The van der Waals surface area contributed by atoms with Crippen molar-refractivity contribution in [3.8, 4) is 5.75 Å². The van der Waals surface area contributed by atoms with Crippen molar-refractivity contribution in [1.82, 2.24) is 4.57 Å². The zero-order valence-corrected chi connectivity index (χ0v) is 19.8. The number of aromatic nitrogens is 1. The monoisotopic (exact) mass is 462 g/mol. The van der Waals surface area contributed by atoms with Crippen LogP contribution in [-0.4, -0.2) is 22.9 Å². The molecule has 0 radical (unpaired) electrons. The maximum Gasteiger partial charge on any atom is 0.252 e. The van der Waals surface area contributed by atoms with E-state index in [2.05, 4.69) is 37.5 Å². The molecule has 2 N–H and O–H groups in total. The van der Waals surface area contributed by atoms with Gasteiger partial charge in [-0.2, -0.15) is 0 Å². The summed E-state index contributed by atoms with van der Waals surface area (Å²) in [4.78, 5) is 25.2. The van der Waals surface area contributed by atoms with Crippen molar-refractivity contribution < 1.29 is 14.3 Å². The summed E-state index contributed by atoms with van der Waals surface area (Å²) in [6, 6.07) is 15.0. The van der Waals surface area contributed by atoms with E-state index in [4.69, 9.17) is 22.1 Å². The lowest BCUT2D eigenvalue weighted by molar-refractivity contribution is 0.0913. The molecule has 0 fully saturated rings. The van der Waals surface area contributed by atoms with Crippen LogP contribution in [0.25, 0.3) is 21.7 Å². The van der Waals surface area contributed by atoms with Gasteiger partial charge in [0, 0.05) is 34.2 Å². The lowest BCUT2D eigenvalue weighted by atomic mass is 10.0. The number of fused-ring (bicyclic) bond motifs is 2. The van der Waals surface area contributed by atoms with E-state index in [9.17, 15) is 9.59 Å². The minimum Gasteiger partial charge on any atom is -0.485 e. The fraction of sp³-hybridized carbons (Fsp3) is 0.259. The predicted molar refractivity (Wildman–Crippen MR) is 134 cm³/mol. The Hall–Kier alpha value is -3.31. The summed E-state index contributed by atoms with van der Waals surface area (Å²) >= 11 is 6.07. The molecule has 4 rings (SSSR count). The topological polar surface area (TPSA) is 74.3 Å². The smallest absolute Gasteiger partial charge is 0.252 e. The van der Waals surface area contributed by atoms with Crippen LogP contribution in [0.15, 0.2) is 54.7 Å². The highest BCUT2D eigenvalue weighted by Gasteiger charge is 2.18. The van der Waals surface area contributed by atoms with Gasteiger partial charge in [0.2, 0.25) is 5.78 Å². The molecule has 170 valence electrons. The third kappa shape index (κ3) is 4.60. The van der Waals surface area contributed by atoms with Crippen LogP contribution in [0.3, 0.4) is 0 Å². The van der Waals surface area contributed by atoms with Crippen LogP contribution in [0.5, 0.6) is 5.75 Å². The van der Waals surface area contributed by atoms with Gasteiger partial charge in [-0.15, -0.1) is 0 Å². The van der Waals surface area contributed by atoms with Crippen LogP contribution >= 0.6 is 11.6 Å². The van der Waals surface area contributed by atoms with Gasteiger partial charge in [-0.1, -0.05) is 50.6 Å². The fourth-order valence-electron chi connectivity index (χ4n) is 4.10. The van der Waals surface area contributed by atoms with Crippen molar-refractivity contribution in [2.45, 2.75) is 39.7 Å². The number of aryl methyl sites for hydroxylation is 1. The molecule has 0 atom stereocenters. The summed E-state index contributed by atoms with van der Waals surface area (Å²) in [6.07, 6.45) is 2.87. The van der Waals surface area contributed by atoms with E-state index in [0.717, 1.165) is 34.6 Å². The molecule has 33 heavy (non-hydrogen) atoms. The summed E-state index contributed by atoms with van der Waals surface area (Å²) < 4.78 is 7.97. The Morgan fingerprint density at radius 1 is 1.03 bits per heavy atom. The number of carbonyl (C=O) groups excluding carboxylic acids is 2. The van der Waals surface area contributed by atoms with Crippen molar-refractivity contribution in [2.75, 3.05) is 6.61 Å². The van der Waals surface area contributed by atoms with E-state index in [1.54, 1.807) is 24.3 Å². The van der Waals surface area contributed by atoms with Gasteiger partial charge in [-0.05, 0) is 59.0 Å². The van der Waals surface area contributed by atoms with E-state index in [-0.39, 0.29) is 23.7 Å². The Morgan fingerprint density at radius 2 is 1.82 bits per heavy atom. The first-order valence-electron chi connectivity index (χ1n) is 11.1. The van der Waals surface area contributed by atoms with Crippen LogP contribution in [0.4, 0.5) is 0 Å². The first-order valence-corrected chi connectivity index (χ1v) is 11.5. The molecule has 5 nitrogen and oxygen atoms in total. The van der Waals surface area contributed by atoms with Crippen molar-refractivity contribution in [2.24, 2.45) is 5.73 Å². The quantitative estimate of drug-likeness (QED) is 0.310. The Bertz CT molecular complexity index is 1370. The third-order valence-electron chi connectivity index (χ3n) is 5.86. The summed E-state index contributed by atoms with van der Waals surface area (Å²) in [6.45, 7) is 7.05. The van der Waals surface area contributed by atoms with Crippen LogP contribution in [0.1, 0.15) is 59.4 Å². The Kier molecular flexibility index (Phi) is 6.43. The Labute approximate surface area is 198 Å². The number of nitrogens with two attached hydrogens (primary N) is 1. The molecule has 0 unspecified atom stereocenters. The zero-order chi connectivity index (χ0) is 23.7. The molecule has 0 saturated heterocycles. The maximum atomic E-state index is 13.2. The minimum absolute atomic E-state index is 0.154. The number of benzene rings is 3. The number of primary amides is 1. The second-order valence-electron chi connectivity index (χ2n) is 8.58. The number of carbonyl (C=O) groups is 2. The van der Waals surface area contributed by atoms with Crippen molar-refractivity contribution in [3.63, 3.8) is 0 Å². The molecule has 0 bridgehead atoms. The first kappa shape index (κ1) is 22.9. The molecular weight excluding hydrogens is 436 g/mol. The van der Waals surface area contributed by atoms with Crippen LogP contribution in [-0.2, 0) is 6.54 Å². The number of ether oxygens (including phenoxy) is 1. The molecule has 1 amide bonds. The van der Waals surface area contributed by atoms with Gasteiger partial charge < -0.3 is 15.0 Å². The first-order chi connectivity index (χ1) is 15.8. The van der Waals surface area contributed by atoms with Gasteiger partial charge in [-0.3, -0.25) is 9.59 Å². The lowest BCUT2D eigenvalue weighted by Gasteiger charge is -2.11. The van der Waals surface area contributed by atoms with Gasteiger partial charge in [0.25, 0.3) is 5.91 Å². The number of ketones is 1. The summed E-state index contributed by atoms with van der Waals surface area (Å²) in [5.74, 6) is -0.0965.